The van der Waals surface area contributed by atoms with E-state index in [0.29, 0.717) is 11.4 Å². The first kappa shape index (κ1) is 23.5. The van der Waals surface area contributed by atoms with Crippen molar-refractivity contribution in [2.24, 2.45) is 5.73 Å². The van der Waals surface area contributed by atoms with Crippen molar-refractivity contribution in [3.8, 4) is 0 Å². The normalized spacial score (nSPS) is 11.6. The van der Waals surface area contributed by atoms with Gasteiger partial charge in [0.05, 0.1) is 11.9 Å². The Morgan fingerprint density at radius 2 is 1.94 bits per heavy atom. The first-order chi connectivity index (χ1) is 16.7. The number of nitrogen functional groups attached to an aromatic ring is 1. The Morgan fingerprint density at radius 1 is 1.20 bits per heavy atom. The number of nitrogens with zero attached hydrogens (tertiary/aromatic N) is 4. The number of ketones is 1. The quantitative estimate of drug-likeness (QED) is 0.311. The summed E-state index contributed by atoms with van der Waals surface area (Å²) in [6.07, 6.45) is 3.00. The minimum absolute atomic E-state index is 0.000787. The maximum absolute atomic E-state index is 13.4. The summed E-state index contributed by atoms with van der Waals surface area (Å²) < 4.78 is 18.5. The van der Waals surface area contributed by atoms with Gasteiger partial charge in [-0.3, -0.25) is 19.4 Å². The number of pyridine rings is 1. The van der Waals surface area contributed by atoms with Crippen molar-refractivity contribution < 1.29 is 23.3 Å². The molecule has 0 fully saturated rings. The zero-order valence-corrected chi connectivity index (χ0v) is 19.0. The van der Waals surface area contributed by atoms with Crippen LogP contribution in [0.1, 0.15) is 32.8 Å². The molecule has 3 heterocycles. The number of rotatable bonds is 8. The molecule has 0 radical (unpaired) electrons. The molecule has 0 aliphatic rings. The fraction of sp³-hybridized carbons (Fsp3) is 0.0909. The maximum Gasteiger partial charge on any atom is 0.277 e. The highest BCUT2D eigenvalue weighted by atomic mass is 32.1. The smallest absolute Gasteiger partial charge is 0.277 e. The third kappa shape index (κ3) is 4.99. The second kappa shape index (κ2) is 9.69. The van der Waals surface area contributed by atoms with Crippen LogP contribution in [0.4, 0.5) is 26.7 Å². The molecule has 178 valence electrons. The molecule has 13 heteroatoms. The zero-order valence-electron chi connectivity index (χ0n) is 18.1. The van der Waals surface area contributed by atoms with E-state index >= 15 is 0 Å². The van der Waals surface area contributed by atoms with Crippen LogP contribution in [0.2, 0.25) is 0 Å². The Labute approximate surface area is 201 Å². The van der Waals surface area contributed by atoms with Gasteiger partial charge in [0.2, 0.25) is 17.5 Å². The largest absolute Gasteiger partial charge is 0.382 e. The molecule has 11 nitrogen and oxygen atoms in total. The van der Waals surface area contributed by atoms with Gasteiger partial charge in [0.15, 0.2) is 10.8 Å². The fourth-order valence-corrected chi connectivity index (χ4v) is 4.08. The average molecular weight is 495 g/mol. The van der Waals surface area contributed by atoms with Gasteiger partial charge in [0, 0.05) is 18.0 Å². The fourth-order valence-electron chi connectivity index (χ4n) is 3.05. The van der Waals surface area contributed by atoms with Crippen molar-refractivity contribution in [3.63, 3.8) is 0 Å². The van der Waals surface area contributed by atoms with E-state index in [1.807, 2.05) is 0 Å². The number of carbonyl (C=O) groups excluding carboxylic acids is 3. The van der Waals surface area contributed by atoms with Crippen LogP contribution in [0.25, 0.3) is 0 Å². The summed E-state index contributed by atoms with van der Waals surface area (Å²) in [5, 5.41) is 6.40. The van der Waals surface area contributed by atoms with E-state index in [-0.39, 0.29) is 27.3 Å². The van der Waals surface area contributed by atoms with Crippen LogP contribution in [0.15, 0.2) is 59.4 Å². The van der Waals surface area contributed by atoms with Gasteiger partial charge in [-0.25, -0.2) is 9.37 Å². The molecule has 2 amide bonds. The van der Waals surface area contributed by atoms with E-state index in [2.05, 4.69) is 20.4 Å². The number of primary amides is 1. The number of nitrogens with two attached hydrogens (primary N) is 2. The molecular formula is C22H18FN7O4S. The lowest BCUT2D eigenvalue weighted by molar-refractivity contribution is -0.118. The number of anilines is 4. The monoisotopic (exact) mass is 495 g/mol. The number of benzene rings is 1. The molecule has 0 aliphatic heterocycles. The SMILES string of the molecule is C[C@H](C(N)=O)N(c1ccc(F)cc1)c1nc(N)c(C(=O)c2cc(C(=O)Nc3cccnc3)no2)s1. The van der Waals surface area contributed by atoms with Crippen molar-refractivity contribution in [1.29, 1.82) is 0 Å². The van der Waals surface area contributed by atoms with Gasteiger partial charge in [-0.15, -0.1) is 0 Å². The van der Waals surface area contributed by atoms with Crippen molar-refractivity contribution in [1.82, 2.24) is 15.1 Å². The zero-order chi connectivity index (χ0) is 25.1. The van der Waals surface area contributed by atoms with Crippen LogP contribution >= 0.6 is 11.3 Å². The summed E-state index contributed by atoms with van der Waals surface area (Å²) in [6.45, 7) is 1.54. The number of amides is 2. The summed E-state index contributed by atoms with van der Waals surface area (Å²) in [5.74, 6) is -2.77. The number of thiazole rings is 1. The molecule has 0 aliphatic carbocycles. The molecule has 3 aromatic heterocycles. The van der Waals surface area contributed by atoms with Gasteiger partial charge in [-0.05, 0) is 43.3 Å². The van der Waals surface area contributed by atoms with E-state index in [9.17, 15) is 18.8 Å². The molecule has 0 saturated heterocycles. The minimum atomic E-state index is -0.887. The number of aromatic nitrogens is 3. The molecule has 5 N–H and O–H groups in total. The Kier molecular flexibility index (Phi) is 6.51. The van der Waals surface area contributed by atoms with Crippen LogP contribution in [-0.2, 0) is 4.79 Å². The van der Waals surface area contributed by atoms with Crippen LogP contribution in [0.5, 0.6) is 0 Å². The highest BCUT2D eigenvalue weighted by Gasteiger charge is 2.29. The lowest BCUT2D eigenvalue weighted by Gasteiger charge is -2.26. The predicted molar refractivity (Wildman–Crippen MR) is 126 cm³/mol. The van der Waals surface area contributed by atoms with Crippen molar-refractivity contribution in [2.45, 2.75) is 13.0 Å². The Hall–Kier alpha value is -4.65. The Morgan fingerprint density at radius 3 is 2.60 bits per heavy atom. The number of nitrogens with one attached hydrogen (secondary N) is 1. The van der Waals surface area contributed by atoms with Crippen LogP contribution in [-0.4, -0.2) is 38.8 Å². The molecular weight excluding hydrogens is 477 g/mol. The Balaban J connectivity index is 1.61. The summed E-state index contributed by atoms with van der Waals surface area (Å²) in [5.41, 5.74) is 12.2. The summed E-state index contributed by atoms with van der Waals surface area (Å²) >= 11 is 0.878. The number of carbonyl (C=O) groups is 3. The highest BCUT2D eigenvalue weighted by molar-refractivity contribution is 7.18. The second-order valence-electron chi connectivity index (χ2n) is 7.24. The molecule has 1 aromatic carbocycles. The molecule has 4 rings (SSSR count). The molecule has 0 unspecified atom stereocenters. The number of hydrogen-bond acceptors (Lipinski definition) is 10. The third-order valence-electron chi connectivity index (χ3n) is 4.84. The lowest BCUT2D eigenvalue weighted by atomic mass is 10.2. The van der Waals surface area contributed by atoms with Crippen LogP contribution in [0, 0.1) is 5.82 Å². The molecule has 1 atom stereocenters. The Bertz CT molecular complexity index is 1390. The summed E-state index contributed by atoms with van der Waals surface area (Å²) in [6, 6.07) is 8.88. The first-order valence-corrected chi connectivity index (χ1v) is 10.9. The third-order valence-corrected chi connectivity index (χ3v) is 5.91. The van der Waals surface area contributed by atoms with E-state index in [0.717, 1.165) is 11.3 Å². The van der Waals surface area contributed by atoms with E-state index in [1.54, 1.807) is 18.3 Å². The van der Waals surface area contributed by atoms with Gasteiger partial charge < -0.3 is 26.2 Å². The van der Waals surface area contributed by atoms with E-state index < -0.39 is 29.5 Å². The molecule has 0 saturated carbocycles. The molecule has 35 heavy (non-hydrogen) atoms. The number of halogens is 1. The predicted octanol–water partition coefficient (Wildman–Crippen LogP) is 2.74. The van der Waals surface area contributed by atoms with E-state index in [1.165, 1.54) is 48.4 Å². The summed E-state index contributed by atoms with van der Waals surface area (Å²) in [7, 11) is 0. The van der Waals surface area contributed by atoms with Gasteiger partial charge in [0.1, 0.15) is 22.6 Å². The maximum atomic E-state index is 13.4. The van der Waals surface area contributed by atoms with E-state index in [4.69, 9.17) is 16.0 Å². The highest BCUT2D eigenvalue weighted by Crippen LogP contribution is 2.36. The standard InChI is InChI=1S/C22H18FN7O4S/c1-11(20(25)32)30(14-6-4-12(23)5-7-14)22-28-19(24)18(35-22)17(31)16-9-15(29-34-16)21(33)27-13-3-2-8-26-10-13/h2-11H,24H2,1H3,(H2,25,32)(H,27,33)/t11-/m1/s1. The second-order valence-corrected chi connectivity index (χ2v) is 8.21. The van der Waals surface area contributed by atoms with Crippen LogP contribution < -0.4 is 21.7 Å². The van der Waals surface area contributed by atoms with Crippen molar-refractivity contribution >= 4 is 51.3 Å². The lowest BCUT2D eigenvalue weighted by Crippen LogP contribution is -2.39. The van der Waals surface area contributed by atoms with Crippen LogP contribution in [0.3, 0.4) is 0 Å². The van der Waals surface area contributed by atoms with Gasteiger partial charge in [-0.1, -0.05) is 16.5 Å². The summed E-state index contributed by atoms with van der Waals surface area (Å²) in [4.78, 5) is 46.9. The molecule has 0 bridgehead atoms. The molecule has 0 spiro atoms. The average Bonchev–Trinajstić information content (AvgIpc) is 3.48. The minimum Gasteiger partial charge on any atom is -0.382 e. The number of hydrogen-bond donors (Lipinski definition) is 3. The van der Waals surface area contributed by atoms with Crippen molar-refractivity contribution in [3.05, 3.63) is 77.0 Å². The van der Waals surface area contributed by atoms with Gasteiger partial charge in [-0.2, -0.15) is 0 Å². The van der Waals surface area contributed by atoms with Crippen molar-refractivity contribution in [2.75, 3.05) is 16.0 Å². The van der Waals surface area contributed by atoms with Gasteiger partial charge >= 0.3 is 0 Å². The first-order valence-electron chi connectivity index (χ1n) is 10.1. The topological polar surface area (TPSA) is 170 Å². The van der Waals surface area contributed by atoms with Gasteiger partial charge in [0.25, 0.3) is 5.91 Å². The molecule has 4 aromatic rings.